The van der Waals surface area contributed by atoms with Gasteiger partial charge in [0.25, 0.3) is 12.9 Å². The summed E-state index contributed by atoms with van der Waals surface area (Å²) in [5, 5.41) is 10.6. The number of nitrogens with two attached hydrogens (primary N) is 1. The zero-order chi connectivity index (χ0) is 26.1. The van der Waals surface area contributed by atoms with E-state index in [-0.39, 0.29) is 12.0 Å². The van der Waals surface area contributed by atoms with Crippen molar-refractivity contribution in [3.05, 3.63) is 63.4 Å². The molecule has 0 radical (unpaired) electrons. The number of nitrogens with zero attached hydrogens (tertiary/aromatic N) is 5. The quantitative estimate of drug-likeness (QED) is 0.336. The summed E-state index contributed by atoms with van der Waals surface area (Å²) in [6, 6.07) is 8.15. The number of alkyl halides is 4. The molecule has 2 aromatic heterocycles. The SMILES string of the molecule is Nc1ccccc1C1CC(c2csc(C3CCN(C(=O)Cn4nc(C(F)F)cc4C(F)F)CC3)n2)=NO1. The maximum absolute atomic E-state index is 13.2. The normalized spacial score (nSPS) is 18.5. The Labute approximate surface area is 213 Å². The highest BCUT2D eigenvalue weighted by atomic mass is 32.1. The van der Waals surface area contributed by atoms with Crippen LogP contribution < -0.4 is 5.73 Å². The highest BCUT2D eigenvalue weighted by Crippen LogP contribution is 2.35. The van der Waals surface area contributed by atoms with Gasteiger partial charge in [0.15, 0.2) is 6.10 Å². The molecular formula is C24H24F4N6O2S. The van der Waals surface area contributed by atoms with Crippen molar-refractivity contribution >= 4 is 28.6 Å². The van der Waals surface area contributed by atoms with E-state index in [0.717, 1.165) is 22.0 Å². The van der Waals surface area contributed by atoms with Gasteiger partial charge in [-0.1, -0.05) is 23.4 Å². The molecule has 0 spiro atoms. The Morgan fingerprint density at radius 1 is 1.16 bits per heavy atom. The van der Waals surface area contributed by atoms with Gasteiger partial charge < -0.3 is 15.5 Å². The minimum Gasteiger partial charge on any atom is -0.398 e. The third-order valence-corrected chi connectivity index (χ3v) is 7.60. The smallest absolute Gasteiger partial charge is 0.282 e. The summed E-state index contributed by atoms with van der Waals surface area (Å²) in [7, 11) is 0. The van der Waals surface area contributed by atoms with Gasteiger partial charge >= 0.3 is 0 Å². The van der Waals surface area contributed by atoms with Crippen molar-refractivity contribution in [1.29, 1.82) is 0 Å². The number of thiazole rings is 1. The van der Waals surface area contributed by atoms with Crippen LogP contribution in [-0.4, -0.2) is 44.4 Å². The topological polar surface area (TPSA) is 98.6 Å². The minimum absolute atomic E-state index is 0.137. The molecule has 1 atom stereocenters. The number of para-hydroxylation sites is 1. The Morgan fingerprint density at radius 3 is 2.62 bits per heavy atom. The van der Waals surface area contributed by atoms with Crippen LogP contribution in [0.15, 0.2) is 40.9 Å². The molecular weight excluding hydrogens is 512 g/mol. The molecule has 8 nitrogen and oxygen atoms in total. The Hall–Kier alpha value is -3.48. The maximum Gasteiger partial charge on any atom is 0.282 e. The van der Waals surface area contributed by atoms with Gasteiger partial charge in [-0.05, 0) is 25.0 Å². The van der Waals surface area contributed by atoms with Crippen LogP contribution in [0.1, 0.15) is 71.8 Å². The molecule has 196 valence electrons. The number of amides is 1. The second kappa shape index (κ2) is 10.5. The molecule has 0 bridgehead atoms. The largest absolute Gasteiger partial charge is 0.398 e. The first kappa shape index (κ1) is 25.2. The third-order valence-electron chi connectivity index (χ3n) is 6.59. The van der Waals surface area contributed by atoms with Crippen LogP contribution >= 0.6 is 11.3 Å². The lowest BCUT2D eigenvalue weighted by molar-refractivity contribution is -0.133. The second-order valence-corrected chi connectivity index (χ2v) is 9.83. The molecule has 0 saturated carbocycles. The number of carbonyl (C=O) groups excluding carboxylic acids is 1. The number of rotatable bonds is 7. The summed E-state index contributed by atoms with van der Waals surface area (Å²) in [5.74, 6) is -0.300. The van der Waals surface area contributed by atoms with Crippen molar-refractivity contribution in [2.75, 3.05) is 18.8 Å². The van der Waals surface area contributed by atoms with E-state index in [1.54, 1.807) is 4.90 Å². The first-order chi connectivity index (χ1) is 17.8. The standard InChI is InChI=1S/C24H24F4N6O2S/c25-22(26)17-9-19(23(27)28)34(31-17)11-21(35)33-7-5-13(6-8-33)24-30-18(12-37-24)16-10-20(36-32-16)14-3-1-2-4-15(14)29/h1-4,9,12-13,20,22-23H,5-8,10-11,29H2. The number of anilines is 1. The predicted molar refractivity (Wildman–Crippen MR) is 129 cm³/mol. The molecule has 3 aromatic rings. The van der Waals surface area contributed by atoms with Gasteiger partial charge in [-0.2, -0.15) is 5.10 Å². The van der Waals surface area contributed by atoms with E-state index in [2.05, 4.69) is 10.3 Å². The van der Waals surface area contributed by atoms with Gasteiger partial charge in [0, 0.05) is 42.1 Å². The Balaban J connectivity index is 1.17. The highest BCUT2D eigenvalue weighted by molar-refractivity contribution is 7.10. The van der Waals surface area contributed by atoms with E-state index < -0.39 is 36.7 Å². The number of likely N-dealkylation sites (tertiary alicyclic amines) is 1. The van der Waals surface area contributed by atoms with Crippen molar-refractivity contribution < 1.29 is 27.2 Å². The summed E-state index contributed by atoms with van der Waals surface area (Å²) in [4.78, 5) is 24.6. The monoisotopic (exact) mass is 536 g/mol. The lowest BCUT2D eigenvalue weighted by Gasteiger charge is -2.31. The van der Waals surface area contributed by atoms with Crippen molar-refractivity contribution in [1.82, 2.24) is 19.7 Å². The van der Waals surface area contributed by atoms with Crippen LogP contribution in [0, 0.1) is 0 Å². The predicted octanol–water partition coefficient (Wildman–Crippen LogP) is 5.07. The van der Waals surface area contributed by atoms with E-state index in [9.17, 15) is 22.4 Å². The molecule has 1 amide bonds. The number of benzene rings is 1. The maximum atomic E-state index is 13.2. The molecule has 13 heteroatoms. The van der Waals surface area contributed by atoms with Crippen LogP contribution in [0.25, 0.3) is 0 Å². The van der Waals surface area contributed by atoms with Crippen molar-refractivity contribution in [2.45, 2.75) is 50.7 Å². The Bertz CT molecular complexity index is 1300. The molecule has 2 aliphatic heterocycles. The van der Waals surface area contributed by atoms with E-state index in [1.807, 2.05) is 29.6 Å². The minimum atomic E-state index is -3.01. The van der Waals surface area contributed by atoms with Crippen LogP contribution in [-0.2, 0) is 16.2 Å². The van der Waals surface area contributed by atoms with Crippen LogP contribution in [0.3, 0.4) is 0 Å². The van der Waals surface area contributed by atoms with Gasteiger partial charge in [0.05, 0.1) is 10.7 Å². The van der Waals surface area contributed by atoms with Crippen molar-refractivity contribution in [2.24, 2.45) is 5.16 Å². The van der Waals surface area contributed by atoms with Crippen molar-refractivity contribution in [3.8, 4) is 0 Å². The number of carbonyl (C=O) groups is 1. The fraction of sp³-hybridized carbons (Fsp3) is 0.417. The lowest BCUT2D eigenvalue weighted by atomic mass is 9.97. The van der Waals surface area contributed by atoms with E-state index >= 15 is 0 Å². The van der Waals surface area contributed by atoms with Crippen LogP contribution in [0.2, 0.25) is 0 Å². The molecule has 1 unspecified atom stereocenters. The summed E-state index contributed by atoms with van der Waals surface area (Å²) in [6.45, 7) is 0.307. The fourth-order valence-corrected chi connectivity index (χ4v) is 5.57. The number of piperidine rings is 1. The molecule has 4 heterocycles. The first-order valence-electron chi connectivity index (χ1n) is 11.7. The molecule has 5 rings (SSSR count). The highest BCUT2D eigenvalue weighted by Gasteiger charge is 2.30. The van der Waals surface area contributed by atoms with Crippen molar-refractivity contribution in [3.63, 3.8) is 0 Å². The van der Waals surface area contributed by atoms with Gasteiger partial charge in [0.1, 0.15) is 23.6 Å². The van der Waals surface area contributed by atoms with Gasteiger partial charge in [0.2, 0.25) is 5.91 Å². The molecule has 1 fully saturated rings. The molecule has 1 saturated heterocycles. The first-order valence-corrected chi connectivity index (χ1v) is 12.6. The zero-order valence-corrected chi connectivity index (χ0v) is 20.4. The average Bonchev–Trinajstić information content (AvgIpc) is 3.64. The number of hydrogen-bond donors (Lipinski definition) is 1. The van der Waals surface area contributed by atoms with E-state index in [4.69, 9.17) is 15.6 Å². The summed E-state index contributed by atoms with van der Waals surface area (Å²) in [6.07, 6.45) is -4.40. The number of nitrogen functional groups attached to an aromatic ring is 1. The number of oxime groups is 1. The Kier molecular flexibility index (Phi) is 7.13. The van der Waals surface area contributed by atoms with Gasteiger partial charge in [-0.15, -0.1) is 11.3 Å². The van der Waals surface area contributed by atoms with E-state index in [1.165, 1.54) is 11.3 Å². The molecule has 0 aliphatic carbocycles. The van der Waals surface area contributed by atoms with Gasteiger partial charge in [-0.25, -0.2) is 22.5 Å². The zero-order valence-electron chi connectivity index (χ0n) is 19.6. The molecule has 37 heavy (non-hydrogen) atoms. The van der Waals surface area contributed by atoms with Crippen LogP contribution in [0.5, 0.6) is 0 Å². The average molecular weight is 537 g/mol. The van der Waals surface area contributed by atoms with Gasteiger partial charge in [-0.3, -0.25) is 9.48 Å². The number of halogens is 4. The summed E-state index contributed by atoms with van der Waals surface area (Å²) >= 11 is 1.52. The fourth-order valence-electron chi connectivity index (χ4n) is 4.57. The summed E-state index contributed by atoms with van der Waals surface area (Å²) < 4.78 is 52.9. The molecule has 2 aliphatic rings. The molecule has 1 aromatic carbocycles. The lowest BCUT2D eigenvalue weighted by Crippen LogP contribution is -2.40. The third kappa shape index (κ3) is 5.31. The molecule has 2 N–H and O–H groups in total. The second-order valence-electron chi connectivity index (χ2n) is 8.94. The number of hydrogen-bond acceptors (Lipinski definition) is 7. The number of aromatic nitrogens is 3. The summed E-state index contributed by atoms with van der Waals surface area (Å²) in [5.41, 5.74) is 7.64. The van der Waals surface area contributed by atoms with Crippen LogP contribution in [0.4, 0.5) is 23.2 Å². The Morgan fingerprint density at radius 2 is 1.92 bits per heavy atom. The van der Waals surface area contributed by atoms with E-state index in [0.29, 0.717) is 48.8 Å².